The Balaban J connectivity index is 0.00000201. The SMILES string of the molecule is CCC.CCCCOCCOCCNC(=O)CCC(=O)N1Cc2ccccc2-c2c(nnn2C(C)(C)CCOC(C)C)-c2ccccc21. The average molecular weight is 664 g/mol. The van der Waals surface area contributed by atoms with Gasteiger partial charge in [0, 0.05) is 43.7 Å². The molecule has 1 N–H and O–H groups in total. The first kappa shape index (κ1) is 38.8. The van der Waals surface area contributed by atoms with Gasteiger partial charge in [0.2, 0.25) is 11.8 Å². The summed E-state index contributed by atoms with van der Waals surface area (Å²) in [6.45, 7) is 18.3. The van der Waals surface area contributed by atoms with Crippen LogP contribution in [-0.2, 0) is 35.9 Å². The largest absolute Gasteiger partial charge is 0.379 e. The van der Waals surface area contributed by atoms with E-state index in [9.17, 15) is 9.59 Å². The van der Waals surface area contributed by atoms with E-state index in [2.05, 4.69) is 51.2 Å². The molecule has 0 atom stereocenters. The molecular weight excluding hydrogens is 606 g/mol. The minimum atomic E-state index is -0.368. The number of aromatic nitrogens is 3. The Hall–Kier alpha value is -3.60. The molecule has 3 aromatic rings. The number of unbranched alkanes of at least 4 members (excludes halogenated alkanes) is 1. The summed E-state index contributed by atoms with van der Waals surface area (Å²) in [5, 5.41) is 12.2. The lowest BCUT2D eigenvalue weighted by molar-refractivity contribution is -0.125. The Labute approximate surface area is 287 Å². The van der Waals surface area contributed by atoms with Crippen LogP contribution in [-0.4, -0.2) is 72.5 Å². The highest BCUT2D eigenvalue weighted by Crippen LogP contribution is 2.43. The van der Waals surface area contributed by atoms with Crippen molar-refractivity contribution in [3.8, 4) is 22.5 Å². The van der Waals surface area contributed by atoms with Crippen molar-refractivity contribution >= 4 is 17.5 Å². The van der Waals surface area contributed by atoms with E-state index in [1.807, 2.05) is 61.0 Å². The van der Waals surface area contributed by atoms with Gasteiger partial charge in [-0.15, -0.1) is 5.10 Å². The Morgan fingerprint density at radius 2 is 1.56 bits per heavy atom. The first-order chi connectivity index (χ1) is 23.1. The van der Waals surface area contributed by atoms with E-state index in [0.29, 0.717) is 39.5 Å². The Kier molecular flexibility index (Phi) is 16.2. The predicted molar refractivity (Wildman–Crippen MR) is 192 cm³/mol. The number of carbonyl (C=O) groups excluding carboxylic acids is 2. The minimum Gasteiger partial charge on any atom is -0.379 e. The molecule has 0 aliphatic carbocycles. The number of ether oxygens (including phenoxy) is 3. The van der Waals surface area contributed by atoms with Crippen molar-refractivity contribution in [2.75, 3.05) is 44.5 Å². The second-order valence-electron chi connectivity index (χ2n) is 13.0. The monoisotopic (exact) mass is 663 g/mol. The average Bonchev–Trinajstić information content (AvgIpc) is 3.50. The lowest BCUT2D eigenvalue weighted by Gasteiger charge is -2.31. The van der Waals surface area contributed by atoms with Crippen LogP contribution in [0.5, 0.6) is 0 Å². The third-order valence-electron chi connectivity index (χ3n) is 7.91. The van der Waals surface area contributed by atoms with Gasteiger partial charge in [-0.1, -0.05) is 81.3 Å². The lowest BCUT2D eigenvalue weighted by atomic mass is 9.93. The van der Waals surface area contributed by atoms with E-state index < -0.39 is 0 Å². The molecule has 0 saturated heterocycles. The summed E-state index contributed by atoms with van der Waals surface area (Å²) in [6.07, 6.45) is 4.48. The quantitative estimate of drug-likeness (QED) is 0.153. The first-order valence-electron chi connectivity index (χ1n) is 17.6. The van der Waals surface area contributed by atoms with Gasteiger partial charge in [0.1, 0.15) is 5.69 Å². The molecule has 2 aromatic carbocycles. The molecule has 0 spiro atoms. The van der Waals surface area contributed by atoms with Gasteiger partial charge in [-0.3, -0.25) is 9.59 Å². The number of nitrogens with one attached hydrogen (secondary N) is 1. The second-order valence-corrected chi connectivity index (χ2v) is 13.0. The topological polar surface area (TPSA) is 108 Å². The third-order valence-corrected chi connectivity index (χ3v) is 7.91. The second kappa shape index (κ2) is 20.0. The summed E-state index contributed by atoms with van der Waals surface area (Å²) >= 11 is 0. The van der Waals surface area contributed by atoms with Crippen molar-refractivity contribution in [2.24, 2.45) is 0 Å². The van der Waals surface area contributed by atoms with Gasteiger partial charge < -0.3 is 24.4 Å². The molecule has 0 unspecified atom stereocenters. The van der Waals surface area contributed by atoms with Crippen LogP contribution in [0.2, 0.25) is 0 Å². The fourth-order valence-electron chi connectivity index (χ4n) is 5.33. The number of carbonyl (C=O) groups is 2. The molecular formula is C38H57N5O5. The van der Waals surface area contributed by atoms with Crippen LogP contribution in [0.25, 0.3) is 22.5 Å². The Bertz CT molecular complexity index is 1420. The predicted octanol–water partition coefficient (Wildman–Crippen LogP) is 7.15. The van der Waals surface area contributed by atoms with E-state index in [-0.39, 0.29) is 36.3 Å². The van der Waals surface area contributed by atoms with Crippen LogP contribution in [0.4, 0.5) is 5.69 Å². The Morgan fingerprint density at radius 3 is 2.27 bits per heavy atom. The number of anilines is 1. The first-order valence-corrected chi connectivity index (χ1v) is 17.6. The van der Waals surface area contributed by atoms with Crippen molar-refractivity contribution < 1.29 is 23.8 Å². The standard InChI is InChI=1S/C35H49N5O5.C3H8/c1-6-7-20-43-23-24-44-22-19-36-31(41)16-17-32(42)39-25-27-12-8-9-13-28(27)34-33(29-14-10-11-15-30(29)39)37-38-40(34)35(4,5)18-21-45-26(2)3;1-3-2/h8-15,26H,6-7,16-25H2,1-5H3,(H,36,41);3H2,1-2H3. The zero-order valence-corrected chi connectivity index (χ0v) is 30.2. The van der Waals surface area contributed by atoms with E-state index in [1.165, 1.54) is 6.42 Å². The molecule has 0 fully saturated rings. The fraction of sp³-hybridized carbons (Fsp3) is 0.579. The van der Waals surface area contributed by atoms with E-state index >= 15 is 0 Å². The highest BCUT2D eigenvalue weighted by molar-refractivity contribution is 6.01. The molecule has 2 amide bonds. The molecule has 1 aromatic heterocycles. The summed E-state index contributed by atoms with van der Waals surface area (Å²) in [6, 6.07) is 15.9. The highest BCUT2D eigenvalue weighted by atomic mass is 16.5. The molecule has 2 heterocycles. The van der Waals surface area contributed by atoms with Gasteiger partial charge in [0.05, 0.1) is 49.4 Å². The number of nitrogens with zero attached hydrogens (tertiary/aromatic N) is 4. The summed E-state index contributed by atoms with van der Waals surface area (Å²) in [4.78, 5) is 28.1. The molecule has 0 bridgehead atoms. The van der Waals surface area contributed by atoms with Gasteiger partial charge in [0.25, 0.3) is 0 Å². The van der Waals surface area contributed by atoms with Crippen molar-refractivity contribution in [3.05, 3.63) is 54.1 Å². The molecule has 0 saturated carbocycles. The zero-order chi connectivity index (χ0) is 34.9. The molecule has 4 rings (SSSR count). The van der Waals surface area contributed by atoms with Crippen molar-refractivity contribution in [1.82, 2.24) is 20.3 Å². The van der Waals surface area contributed by atoms with Crippen LogP contribution >= 0.6 is 0 Å². The molecule has 10 heteroatoms. The normalized spacial score (nSPS) is 12.3. The van der Waals surface area contributed by atoms with E-state index in [4.69, 9.17) is 19.3 Å². The van der Waals surface area contributed by atoms with E-state index in [1.54, 1.807) is 4.90 Å². The summed E-state index contributed by atoms with van der Waals surface area (Å²) in [5.74, 6) is -0.310. The number of rotatable bonds is 17. The van der Waals surface area contributed by atoms with E-state index in [0.717, 1.165) is 59.6 Å². The molecule has 0 radical (unpaired) electrons. The third kappa shape index (κ3) is 11.2. The van der Waals surface area contributed by atoms with Crippen LogP contribution in [0.3, 0.4) is 0 Å². The molecule has 10 nitrogen and oxygen atoms in total. The maximum absolute atomic E-state index is 13.8. The van der Waals surface area contributed by atoms with Crippen LogP contribution < -0.4 is 10.2 Å². The number of amides is 2. The van der Waals surface area contributed by atoms with Crippen LogP contribution in [0.1, 0.15) is 92.6 Å². The van der Waals surface area contributed by atoms with Gasteiger partial charge in [-0.25, -0.2) is 4.68 Å². The van der Waals surface area contributed by atoms with Crippen LogP contribution in [0, 0.1) is 0 Å². The lowest BCUT2D eigenvalue weighted by Crippen LogP contribution is -2.34. The summed E-state index contributed by atoms with van der Waals surface area (Å²) in [5.41, 5.74) is 4.83. The number of hydrogen-bond donors (Lipinski definition) is 1. The number of fused-ring (bicyclic) bond motifs is 5. The maximum atomic E-state index is 13.8. The fourth-order valence-corrected chi connectivity index (χ4v) is 5.33. The maximum Gasteiger partial charge on any atom is 0.227 e. The molecule has 1 aliphatic heterocycles. The highest BCUT2D eigenvalue weighted by Gasteiger charge is 2.33. The molecule has 48 heavy (non-hydrogen) atoms. The minimum absolute atomic E-state index is 0.0802. The van der Waals surface area contributed by atoms with Crippen LogP contribution in [0.15, 0.2) is 48.5 Å². The van der Waals surface area contributed by atoms with Gasteiger partial charge in [-0.2, -0.15) is 0 Å². The number of hydrogen-bond acceptors (Lipinski definition) is 7. The molecule has 264 valence electrons. The number of para-hydroxylation sites is 1. The van der Waals surface area contributed by atoms with Gasteiger partial charge >= 0.3 is 0 Å². The van der Waals surface area contributed by atoms with Gasteiger partial charge in [0.15, 0.2) is 0 Å². The van der Waals surface area contributed by atoms with Crippen molar-refractivity contribution in [3.63, 3.8) is 0 Å². The summed E-state index contributed by atoms with van der Waals surface area (Å²) in [7, 11) is 0. The van der Waals surface area contributed by atoms with Crippen molar-refractivity contribution in [2.45, 2.75) is 105 Å². The Morgan fingerprint density at radius 1 is 0.896 bits per heavy atom. The molecule has 1 aliphatic rings. The number of benzene rings is 2. The smallest absolute Gasteiger partial charge is 0.227 e. The summed E-state index contributed by atoms with van der Waals surface area (Å²) < 4.78 is 18.9. The zero-order valence-electron chi connectivity index (χ0n) is 30.2. The van der Waals surface area contributed by atoms with Gasteiger partial charge in [-0.05, 0) is 52.2 Å². The van der Waals surface area contributed by atoms with Crippen molar-refractivity contribution in [1.29, 1.82) is 0 Å².